The molecule has 0 saturated heterocycles. The van der Waals surface area contributed by atoms with Crippen LogP contribution in [0.4, 0.5) is 5.69 Å². The van der Waals surface area contributed by atoms with Crippen molar-refractivity contribution in [2.45, 2.75) is 46.0 Å². The number of anilines is 1. The lowest BCUT2D eigenvalue weighted by atomic mass is 9.77. The third-order valence-corrected chi connectivity index (χ3v) is 4.68. The minimum atomic E-state index is -0.256. The van der Waals surface area contributed by atoms with E-state index in [0.29, 0.717) is 17.2 Å². The molecule has 1 fully saturated rings. The second kappa shape index (κ2) is 6.62. The van der Waals surface area contributed by atoms with Crippen LogP contribution in [0.3, 0.4) is 0 Å². The Kier molecular flexibility index (Phi) is 5.05. The number of carbonyl (C=O) groups is 1. The molecule has 1 aliphatic rings. The van der Waals surface area contributed by atoms with Crippen LogP contribution in [-0.4, -0.2) is 5.91 Å². The van der Waals surface area contributed by atoms with Gasteiger partial charge in [-0.25, -0.2) is 0 Å². The number of nitriles is 1. The number of halogens is 1. The Labute approximate surface area is 134 Å². The van der Waals surface area contributed by atoms with Gasteiger partial charge in [0.15, 0.2) is 0 Å². The fraction of sp³-hybridized carbons (Fsp3) is 0.529. The van der Waals surface area contributed by atoms with E-state index >= 15 is 0 Å². The molecule has 4 heteroatoms. The van der Waals surface area contributed by atoms with Gasteiger partial charge < -0.3 is 5.32 Å². The number of amides is 1. The SMILES string of the molecule is CC(C)CC1(C(=O)Nc2ccc(Br)cc2C#N)CCCC1. The highest BCUT2D eigenvalue weighted by atomic mass is 79.9. The summed E-state index contributed by atoms with van der Waals surface area (Å²) >= 11 is 3.35. The first kappa shape index (κ1) is 16.0. The van der Waals surface area contributed by atoms with Gasteiger partial charge in [-0.1, -0.05) is 42.6 Å². The summed E-state index contributed by atoms with van der Waals surface area (Å²) in [6, 6.07) is 7.51. The minimum absolute atomic E-state index is 0.0764. The second-order valence-corrected chi connectivity index (χ2v) is 7.26. The molecule has 0 spiro atoms. The maximum Gasteiger partial charge on any atom is 0.230 e. The van der Waals surface area contributed by atoms with Crippen LogP contribution in [0.25, 0.3) is 0 Å². The Morgan fingerprint density at radius 1 is 1.43 bits per heavy atom. The molecule has 1 amide bonds. The van der Waals surface area contributed by atoms with Crippen LogP contribution < -0.4 is 5.32 Å². The molecule has 112 valence electrons. The van der Waals surface area contributed by atoms with Crippen LogP contribution in [0, 0.1) is 22.7 Å². The van der Waals surface area contributed by atoms with E-state index in [0.717, 1.165) is 36.6 Å². The van der Waals surface area contributed by atoms with E-state index in [1.807, 2.05) is 6.07 Å². The molecule has 0 bridgehead atoms. The molecular formula is C17H21BrN2O. The van der Waals surface area contributed by atoms with Gasteiger partial charge in [-0.05, 0) is 43.4 Å². The maximum absolute atomic E-state index is 12.8. The molecule has 2 rings (SSSR count). The molecule has 0 atom stereocenters. The summed E-state index contributed by atoms with van der Waals surface area (Å²) in [5.41, 5.74) is 0.852. The normalized spacial score (nSPS) is 16.7. The van der Waals surface area contributed by atoms with Gasteiger partial charge in [0.1, 0.15) is 6.07 Å². The van der Waals surface area contributed by atoms with Crippen molar-refractivity contribution in [1.29, 1.82) is 5.26 Å². The van der Waals surface area contributed by atoms with Crippen LogP contribution >= 0.6 is 15.9 Å². The van der Waals surface area contributed by atoms with Crippen molar-refractivity contribution in [3.63, 3.8) is 0 Å². The molecule has 0 unspecified atom stereocenters. The number of rotatable bonds is 4. The number of hydrogen-bond acceptors (Lipinski definition) is 2. The summed E-state index contributed by atoms with van der Waals surface area (Å²) in [5.74, 6) is 0.571. The number of carbonyl (C=O) groups excluding carboxylic acids is 1. The molecule has 1 N–H and O–H groups in total. The average molecular weight is 349 g/mol. The smallest absolute Gasteiger partial charge is 0.230 e. The fourth-order valence-corrected chi connectivity index (χ4v) is 3.69. The standard InChI is InChI=1S/C17H21BrN2O/c1-12(2)10-17(7-3-4-8-17)16(21)20-15-6-5-14(18)9-13(15)11-19/h5-6,9,12H,3-4,7-8,10H2,1-2H3,(H,20,21). The summed E-state index contributed by atoms with van der Waals surface area (Å²) in [6.07, 6.45) is 5.05. The maximum atomic E-state index is 12.8. The fourth-order valence-electron chi connectivity index (χ4n) is 3.33. The predicted octanol–water partition coefficient (Wildman–Crippen LogP) is 4.87. The number of nitrogens with zero attached hydrogens (tertiary/aromatic N) is 1. The van der Waals surface area contributed by atoms with E-state index in [2.05, 4.69) is 41.2 Å². The monoisotopic (exact) mass is 348 g/mol. The summed E-state index contributed by atoms with van der Waals surface area (Å²) in [5, 5.41) is 12.2. The molecule has 0 aliphatic heterocycles. The van der Waals surface area contributed by atoms with Crippen LogP contribution in [0.5, 0.6) is 0 Å². The molecule has 21 heavy (non-hydrogen) atoms. The van der Waals surface area contributed by atoms with Crippen molar-refractivity contribution < 1.29 is 4.79 Å². The Hall–Kier alpha value is -1.34. The van der Waals surface area contributed by atoms with Gasteiger partial charge in [0.2, 0.25) is 5.91 Å². The average Bonchev–Trinajstić information content (AvgIpc) is 2.89. The van der Waals surface area contributed by atoms with E-state index in [1.165, 1.54) is 0 Å². The lowest BCUT2D eigenvalue weighted by Crippen LogP contribution is -2.35. The van der Waals surface area contributed by atoms with Gasteiger partial charge in [0.05, 0.1) is 11.3 Å². The van der Waals surface area contributed by atoms with E-state index in [-0.39, 0.29) is 11.3 Å². The van der Waals surface area contributed by atoms with Crippen LogP contribution in [0.2, 0.25) is 0 Å². The van der Waals surface area contributed by atoms with Gasteiger partial charge in [0, 0.05) is 9.89 Å². The Balaban J connectivity index is 2.22. The Bertz CT molecular complexity index is 569. The molecule has 1 aromatic rings. The van der Waals surface area contributed by atoms with Crippen LogP contribution in [-0.2, 0) is 4.79 Å². The molecule has 1 aromatic carbocycles. The van der Waals surface area contributed by atoms with Crippen LogP contribution in [0.15, 0.2) is 22.7 Å². The summed E-state index contributed by atoms with van der Waals surface area (Å²) in [6.45, 7) is 4.32. The third-order valence-electron chi connectivity index (χ3n) is 4.19. The zero-order chi connectivity index (χ0) is 15.5. The lowest BCUT2D eigenvalue weighted by molar-refractivity contribution is -0.126. The summed E-state index contributed by atoms with van der Waals surface area (Å²) < 4.78 is 0.842. The first-order valence-corrected chi connectivity index (χ1v) is 8.27. The highest BCUT2D eigenvalue weighted by Crippen LogP contribution is 2.44. The minimum Gasteiger partial charge on any atom is -0.324 e. The van der Waals surface area contributed by atoms with Gasteiger partial charge in [-0.15, -0.1) is 0 Å². The van der Waals surface area contributed by atoms with Crippen molar-refractivity contribution in [3.8, 4) is 6.07 Å². The second-order valence-electron chi connectivity index (χ2n) is 6.34. The van der Waals surface area contributed by atoms with Gasteiger partial charge in [-0.2, -0.15) is 5.26 Å². The zero-order valence-corrected chi connectivity index (χ0v) is 14.2. The molecule has 0 heterocycles. The zero-order valence-electron chi connectivity index (χ0n) is 12.6. The van der Waals surface area contributed by atoms with Crippen molar-refractivity contribution >= 4 is 27.5 Å². The molecule has 0 aromatic heterocycles. The van der Waals surface area contributed by atoms with E-state index in [1.54, 1.807) is 12.1 Å². The highest BCUT2D eigenvalue weighted by molar-refractivity contribution is 9.10. The molecule has 1 aliphatic carbocycles. The Morgan fingerprint density at radius 3 is 2.67 bits per heavy atom. The largest absolute Gasteiger partial charge is 0.324 e. The van der Waals surface area contributed by atoms with Crippen molar-refractivity contribution in [2.24, 2.45) is 11.3 Å². The first-order chi connectivity index (χ1) is 9.97. The van der Waals surface area contributed by atoms with Crippen LogP contribution in [0.1, 0.15) is 51.5 Å². The topological polar surface area (TPSA) is 52.9 Å². The number of hydrogen-bond donors (Lipinski definition) is 1. The van der Waals surface area contributed by atoms with E-state index < -0.39 is 0 Å². The van der Waals surface area contributed by atoms with Crippen molar-refractivity contribution in [1.82, 2.24) is 0 Å². The van der Waals surface area contributed by atoms with Gasteiger partial charge in [-0.3, -0.25) is 4.79 Å². The predicted molar refractivity (Wildman–Crippen MR) is 87.8 cm³/mol. The first-order valence-electron chi connectivity index (χ1n) is 7.48. The quantitative estimate of drug-likeness (QED) is 0.843. The summed E-state index contributed by atoms with van der Waals surface area (Å²) in [7, 11) is 0. The molecule has 1 saturated carbocycles. The third kappa shape index (κ3) is 3.65. The van der Waals surface area contributed by atoms with Gasteiger partial charge >= 0.3 is 0 Å². The van der Waals surface area contributed by atoms with E-state index in [9.17, 15) is 10.1 Å². The lowest BCUT2D eigenvalue weighted by Gasteiger charge is -2.29. The number of benzene rings is 1. The molecule has 3 nitrogen and oxygen atoms in total. The van der Waals surface area contributed by atoms with Crippen molar-refractivity contribution in [2.75, 3.05) is 5.32 Å². The van der Waals surface area contributed by atoms with E-state index in [4.69, 9.17) is 0 Å². The summed E-state index contributed by atoms with van der Waals surface area (Å²) in [4.78, 5) is 12.8. The van der Waals surface area contributed by atoms with Gasteiger partial charge in [0.25, 0.3) is 0 Å². The molecule has 0 radical (unpaired) electrons. The Morgan fingerprint density at radius 2 is 2.10 bits per heavy atom. The van der Waals surface area contributed by atoms with Crippen molar-refractivity contribution in [3.05, 3.63) is 28.2 Å². The number of nitrogens with one attached hydrogen (secondary N) is 1. The molecular weight excluding hydrogens is 328 g/mol. The highest BCUT2D eigenvalue weighted by Gasteiger charge is 2.41.